The number of aromatic amines is 1. The van der Waals surface area contributed by atoms with E-state index >= 15 is 0 Å². The minimum absolute atomic E-state index is 0.0746. The van der Waals surface area contributed by atoms with Gasteiger partial charge in [0.05, 0.1) is 17.9 Å². The van der Waals surface area contributed by atoms with Gasteiger partial charge in [0.2, 0.25) is 0 Å². The topological polar surface area (TPSA) is 82.6 Å². The average Bonchev–Trinajstić information content (AvgIpc) is 3.32. The van der Waals surface area contributed by atoms with E-state index in [1.165, 1.54) is 12.8 Å². The van der Waals surface area contributed by atoms with Crippen molar-refractivity contribution < 1.29 is 4.74 Å². The first-order valence-electron chi connectivity index (χ1n) is 11.6. The van der Waals surface area contributed by atoms with E-state index in [1.54, 1.807) is 0 Å². The van der Waals surface area contributed by atoms with Gasteiger partial charge < -0.3 is 19.9 Å². The smallest absolute Gasteiger partial charge is 0.254 e. The van der Waals surface area contributed by atoms with E-state index in [9.17, 15) is 4.79 Å². The maximum Gasteiger partial charge on any atom is 0.254 e. The van der Waals surface area contributed by atoms with Crippen molar-refractivity contribution in [1.82, 2.24) is 14.9 Å². The molecule has 7 nitrogen and oxygen atoms in total. The molecule has 0 atom stereocenters. The summed E-state index contributed by atoms with van der Waals surface area (Å²) in [7, 11) is 0. The SMILES string of the molecule is CCCOc1ccc(NC(=NCC)N2CCCC2)cc1-c1nc(CC)c(CC)c(=O)[nH]1. The normalized spacial score (nSPS) is 14.2. The van der Waals surface area contributed by atoms with Gasteiger partial charge in [-0.15, -0.1) is 0 Å². The summed E-state index contributed by atoms with van der Waals surface area (Å²) in [4.78, 5) is 27.4. The number of benzene rings is 1. The van der Waals surface area contributed by atoms with Gasteiger partial charge in [-0.25, -0.2) is 4.98 Å². The minimum Gasteiger partial charge on any atom is -0.493 e. The standard InChI is InChI=1S/C24H35N5O2/c1-5-15-31-21-12-11-17(26-24(25-8-4)29-13-9-10-14-29)16-19(21)22-27-20(7-3)18(6-2)23(30)28-22/h11-12,16H,5-10,13-15H2,1-4H3,(H,25,26)(H,27,28,30). The van der Waals surface area contributed by atoms with Gasteiger partial charge in [0.15, 0.2) is 5.96 Å². The molecule has 2 heterocycles. The first kappa shape index (κ1) is 22.8. The number of rotatable bonds is 8. The summed E-state index contributed by atoms with van der Waals surface area (Å²) < 4.78 is 5.99. The summed E-state index contributed by atoms with van der Waals surface area (Å²) in [6, 6.07) is 5.94. The van der Waals surface area contributed by atoms with E-state index < -0.39 is 0 Å². The molecule has 0 unspecified atom stereocenters. The summed E-state index contributed by atoms with van der Waals surface area (Å²) in [5.74, 6) is 2.16. The summed E-state index contributed by atoms with van der Waals surface area (Å²) in [6.45, 7) is 11.5. The Morgan fingerprint density at radius 3 is 2.61 bits per heavy atom. The molecule has 0 bridgehead atoms. The second kappa shape index (κ2) is 11.0. The van der Waals surface area contributed by atoms with Crippen LogP contribution < -0.4 is 15.6 Å². The Hall–Kier alpha value is -2.83. The highest BCUT2D eigenvalue weighted by molar-refractivity contribution is 5.94. The van der Waals surface area contributed by atoms with Crippen molar-refractivity contribution in [3.8, 4) is 17.1 Å². The minimum atomic E-state index is -0.0746. The maximum atomic E-state index is 12.7. The number of anilines is 1. The maximum absolute atomic E-state index is 12.7. The van der Waals surface area contributed by atoms with Gasteiger partial charge in [-0.05, 0) is 57.2 Å². The number of hydrogen-bond acceptors (Lipinski definition) is 4. The number of aromatic nitrogens is 2. The second-order valence-electron chi connectivity index (χ2n) is 7.72. The number of guanidine groups is 1. The van der Waals surface area contributed by atoms with Crippen molar-refractivity contribution in [1.29, 1.82) is 0 Å². The van der Waals surface area contributed by atoms with Crippen LogP contribution in [0.3, 0.4) is 0 Å². The lowest BCUT2D eigenvalue weighted by molar-refractivity contribution is 0.318. The van der Waals surface area contributed by atoms with E-state index in [4.69, 9.17) is 9.72 Å². The number of H-pyrrole nitrogens is 1. The van der Waals surface area contributed by atoms with Gasteiger partial charge in [0.1, 0.15) is 11.6 Å². The highest BCUT2D eigenvalue weighted by Gasteiger charge is 2.18. The Morgan fingerprint density at radius 2 is 1.97 bits per heavy atom. The molecule has 1 aromatic heterocycles. The van der Waals surface area contributed by atoms with Crippen LogP contribution in [0.25, 0.3) is 11.4 Å². The third-order valence-corrected chi connectivity index (χ3v) is 5.46. The predicted molar refractivity (Wildman–Crippen MR) is 127 cm³/mol. The van der Waals surface area contributed by atoms with Crippen molar-refractivity contribution in [2.24, 2.45) is 4.99 Å². The molecule has 2 aromatic rings. The van der Waals surface area contributed by atoms with E-state index in [-0.39, 0.29) is 5.56 Å². The van der Waals surface area contributed by atoms with Crippen LogP contribution >= 0.6 is 0 Å². The van der Waals surface area contributed by atoms with Crippen LogP contribution in [0.4, 0.5) is 5.69 Å². The molecular weight excluding hydrogens is 390 g/mol. The van der Waals surface area contributed by atoms with Gasteiger partial charge in [-0.1, -0.05) is 20.8 Å². The van der Waals surface area contributed by atoms with Crippen molar-refractivity contribution in [3.63, 3.8) is 0 Å². The lowest BCUT2D eigenvalue weighted by atomic mass is 10.1. The van der Waals surface area contributed by atoms with Crippen LogP contribution in [0.2, 0.25) is 0 Å². The molecule has 1 aliphatic rings. The highest BCUT2D eigenvalue weighted by atomic mass is 16.5. The summed E-state index contributed by atoms with van der Waals surface area (Å²) in [5.41, 5.74) is 3.20. The van der Waals surface area contributed by atoms with E-state index in [1.807, 2.05) is 39.0 Å². The third kappa shape index (κ3) is 5.46. The zero-order valence-corrected chi connectivity index (χ0v) is 19.3. The van der Waals surface area contributed by atoms with Gasteiger partial charge >= 0.3 is 0 Å². The summed E-state index contributed by atoms with van der Waals surface area (Å²) in [5, 5.41) is 3.48. The largest absolute Gasteiger partial charge is 0.493 e. The Kier molecular flexibility index (Phi) is 8.09. The Labute approximate surface area is 185 Å². The quantitative estimate of drug-likeness (QED) is 0.488. The van der Waals surface area contributed by atoms with Crippen LogP contribution in [0.1, 0.15) is 58.2 Å². The van der Waals surface area contributed by atoms with E-state index in [0.717, 1.165) is 60.3 Å². The number of likely N-dealkylation sites (tertiary alicyclic amines) is 1. The highest BCUT2D eigenvalue weighted by Crippen LogP contribution is 2.31. The number of nitrogens with zero attached hydrogens (tertiary/aromatic N) is 3. The summed E-state index contributed by atoms with van der Waals surface area (Å²) >= 11 is 0. The lowest BCUT2D eigenvalue weighted by Crippen LogP contribution is -2.34. The molecule has 7 heteroatoms. The molecule has 1 aromatic carbocycles. The first-order chi connectivity index (χ1) is 15.1. The van der Waals surface area contributed by atoms with Crippen LogP contribution in [0.15, 0.2) is 28.0 Å². The number of nitrogens with one attached hydrogen (secondary N) is 2. The predicted octanol–water partition coefficient (Wildman–Crippen LogP) is 4.23. The van der Waals surface area contributed by atoms with Crippen LogP contribution in [-0.4, -0.2) is 47.1 Å². The molecule has 168 valence electrons. The monoisotopic (exact) mass is 425 g/mol. The van der Waals surface area contributed by atoms with E-state index in [0.29, 0.717) is 25.3 Å². The van der Waals surface area contributed by atoms with Crippen molar-refractivity contribution in [2.45, 2.75) is 59.8 Å². The third-order valence-electron chi connectivity index (χ3n) is 5.46. The summed E-state index contributed by atoms with van der Waals surface area (Å²) in [6.07, 6.45) is 4.66. The molecule has 0 amide bonds. The average molecular weight is 426 g/mol. The zero-order valence-electron chi connectivity index (χ0n) is 19.3. The van der Waals surface area contributed by atoms with Crippen molar-refractivity contribution in [3.05, 3.63) is 39.8 Å². The number of ether oxygens (including phenoxy) is 1. The van der Waals surface area contributed by atoms with Gasteiger partial charge in [0.25, 0.3) is 5.56 Å². The van der Waals surface area contributed by atoms with Crippen molar-refractivity contribution >= 4 is 11.6 Å². The fraction of sp³-hybridized carbons (Fsp3) is 0.542. The molecule has 1 aliphatic heterocycles. The molecule has 3 rings (SSSR count). The molecule has 0 radical (unpaired) electrons. The number of aliphatic imine (C=N–C) groups is 1. The molecule has 1 fully saturated rings. The Bertz CT molecular complexity index is 961. The van der Waals surface area contributed by atoms with E-state index in [2.05, 4.69) is 27.1 Å². The zero-order chi connectivity index (χ0) is 22.2. The van der Waals surface area contributed by atoms with Crippen LogP contribution in [0, 0.1) is 0 Å². The van der Waals surface area contributed by atoms with Gasteiger partial charge in [-0.3, -0.25) is 9.79 Å². The van der Waals surface area contributed by atoms with Gasteiger partial charge in [0, 0.05) is 30.9 Å². The molecule has 31 heavy (non-hydrogen) atoms. The molecular formula is C24H35N5O2. The number of aryl methyl sites for hydroxylation is 1. The Balaban J connectivity index is 2.02. The molecule has 2 N–H and O–H groups in total. The molecule has 0 saturated carbocycles. The molecule has 0 spiro atoms. The fourth-order valence-corrected chi connectivity index (χ4v) is 3.89. The molecule has 1 saturated heterocycles. The first-order valence-corrected chi connectivity index (χ1v) is 11.6. The van der Waals surface area contributed by atoms with Gasteiger partial charge in [-0.2, -0.15) is 0 Å². The van der Waals surface area contributed by atoms with Crippen LogP contribution in [-0.2, 0) is 12.8 Å². The van der Waals surface area contributed by atoms with Crippen molar-refractivity contribution in [2.75, 3.05) is 31.6 Å². The lowest BCUT2D eigenvalue weighted by Gasteiger charge is -2.22. The Morgan fingerprint density at radius 1 is 1.19 bits per heavy atom. The van der Waals surface area contributed by atoms with Crippen LogP contribution in [0.5, 0.6) is 5.75 Å². The fourth-order valence-electron chi connectivity index (χ4n) is 3.89. The number of hydrogen-bond donors (Lipinski definition) is 2. The second-order valence-corrected chi connectivity index (χ2v) is 7.72. The molecule has 0 aliphatic carbocycles.